The summed E-state index contributed by atoms with van der Waals surface area (Å²) in [6.45, 7) is 2.07. The summed E-state index contributed by atoms with van der Waals surface area (Å²) in [7, 11) is 0. The smallest absolute Gasteiger partial charge is 0.343 e. The van der Waals surface area contributed by atoms with Gasteiger partial charge in [0.1, 0.15) is 21.1 Å². The van der Waals surface area contributed by atoms with Crippen molar-refractivity contribution in [3.8, 4) is 11.4 Å². The van der Waals surface area contributed by atoms with Gasteiger partial charge in [0.05, 0.1) is 6.61 Å². The fourth-order valence-electron chi connectivity index (χ4n) is 1.72. The maximum atomic E-state index is 11.9. The van der Waals surface area contributed by atoms with Crippen molar-refractivity contribution in [3.05, 3.63) is 40.5 Å². The predicted molar refractivity (Wildman–Crippen MR) is 82.6 cm³/mol. The monoisotopic (exact) mass is 306 g/mol. The molecule has 2 aromatic rings. The zero-order valence-corrected chi connectivity index (χ0v) is 12.8. The molecule has 1 aromatic heterocycles. The molecular formula is C14H14N2O2S2. The highest BCUT2D eigenvalue weighted by atomic mass is 32.2. The maximum Gasteiger partial charge on any atom is 0.343 e. The Balaban J connectivity index is 2.54. The van der Waals surface area contributed by atoms with Gasteiger partial charge in [-0.15, -0.1) is 11.8 Å². The Bertz CT molecular complexity index is 669. The van der Waals surface area contributed by atoms with E-state index in [1.165, 1.54) is 11.8 Å². The number of thioether (sulfide) groups is 1. The van der Waals surface area contributed by atoms with Crippen molar-refractivity contribution in [2.24, 2.45) is 0 Å². The van der Waals surface area contributed by atoms with Crippen molar-refractivity contribution in [3.63, 3.8) is 0 Å². The van der Waals surface area contributed by atoms with E-state index < -0.39 is 5.97 Å². The molecule has 0 fully saturated rings. The van der Waals surface area contributed by atoms with Crippen molar-refractivity contribution in [1.29, 1.82) is 0 Å². The number of carbonyl (C=O) groups is 1. The summed E-state index contributed by atoms with van der Waals surface area (Å²) in [5, 5.41) is 0.575. The molecule has 0 bridgehead atoms. The Morgan fingerprint density at radius 2 is 2.10 bits per heavy atom. The predicted octanol–water partition coefficient (Wildman–Crippen LogP) is 3.70. The first-order chi connectivity index (χ1) is 9.67. The van der Waals surface area contributed by atoms with Gasteiger partial charge >= 0.3 is 5.97 Å². The van der Waals surface area contributed by atoms with Crippen LogP contribution in [-0.2, 0) is 4.74 Å². The summed E-state index contributed by atoms with van der Waals surface area (Å²) in [6, 6.07) is 9.64. The first-order valence-electron chi connectivity index (χ1n) is 6.08. The van der Waals surface area contributed by atoms with Crippen LogP contribution < -0.4 is 0 Å². The van der Waals surface area contributed by atoms with Crippen LogP contribution >= 0.6 is 24.0 Å². The number of aromatic nitrogens is 2. The minimum Gasteiger partial charge on any atom is -0.462 e. The number of H-pyrrole nitrogens is 1. The quantitative estimate of drug-likeness (QED) is 0.404. The number of nitrogens with zero attached hydrogens (tertiary/aromatic N) is 1. The largest absolute Gasteiger partial charge is 0.462 e. The van der Waals surface area contributed by atoms with Crippen LogP contribution in [0.5, 0.6) is 0 Å². The number of nitrogens with one attached hydrogen (secondary N) is 1. The summed E-state index contributed by atoms with van der Waals surface area (Å²) >= 11 is 6.65. The van der Waals surface area contributed by atoms with Gasteiger partial charge < -0.3 is 9.72 Å². The molecule has 6 heteroatoms. The van der Waals surface area contributed by atoms with Crippen LogP contribution in [0, 0.1) is 4.64 Å². The summed E-state index contributed by atoms with van der Waals surface area (Å²) < 4.78 is 5.37. The second-order valence-corrected chi connectivity index (χ2v) is 5.09. The fourth-order valence-corrected chi connectivity index (χ4v) is 2.63. The van der Waals surface area contributed by atoms with E-state index in [9.17, 15) is 4.79 Å². The van der Waals surface area contributed by atoms with Gasteiger partial charge in [0, 0.05) is 5.56 Å². The summed E-state index contributed by atoms with van der Waals surface area (Å²) in [5.41, 5.74) is 1.25. The van der Waals surface area contributed by atoms with E-state index >= 15 is 0 Å². The Morgan fingerprint density at radius 1 is 1.40 bits per heavy atom. The summed E-state index contributed by atoms with van der Waals surface area (Å²) in [4.78, 5) is 19.4. The van der Waals surface area contributed by atoms with Crippen LogP contribution in [0.2, 0.25) is 0 Å². The molecule has 0 aliphatic heterocycles. The van der Waals surface area contributed by atoms with E-state index in [1.54, 1.807) is 6.92 Å². The molecule has 0 aliphatic carbocycles. The third-order valence-corrected chi connectivity index (χ3v) is 3.59. The van der Waals surface area contributed by atoms with Crippen molar-refractivity contribution in [2.45, 2.75) is 11.9 Å². The van der Waals surface area contributed by atoms with E-state index in [0.29, 0.717) is 27.7 Å². The average Bonchev–Trinajstić information content (AvgIpc) is 2.47. The number of aromatic amines is 1. The van der Waals surface area contributed by atoms with Crippen molar-refractivity contribution >= 4 is 29.9 Å². The van der Waals surface area contributed by atoms with E-state index in [1.807, 2.05) is 36.6 Å². The van der Waals surface area contributed by atoms with Gasteiger partial charge in [0.25, 0.3) is 0 Å². The Morgan fingerprint density at radius 3 is 2.70 bits per heavy atom. The lowest BCUT2D eigenvalue weighted by molar-refractivity contribution is 0.0520. The summed E-state index contributed by atoms with van der Waals surface area (Å²) in [5.74, 6) is 0.207. The van der Waals surface area contributed by atoms with Crippen molar-refractivity contribution in [1.82, 2.24) is 9.97 Å². The van der Waals surface area contributed by atoms with Crippen LogP contribution in [0.4, 0.5) is 0 Å². The first kappa shape index (κ1) is 14.7. The normalized spacial score (nSPS) is 10.3. The van der Waals surface area contributed by atoms with E-state index in [2.05, 4.69) is 9.97 Å². The van der Waals surface area contributed by atoms with Gasteiger partial charge in [-0.25, -0.2) is 9.78 Å². The van der Waals surface area contributed by atoms with Gasteiger partial charge in [0.15, 0.2) is 0 Å². The van der Waals surface area contributed by atoms with E-state index in [4.69, 9.17) is 17.0 Å². The molecule has 20 heavy (non-hydrogen) atoms. The number of hydrogen-bond donors (Lipinski definition) is 1. The first-order valence-corrected chi connectivity index (χ1v) is 7.71. The van der Waals surface area contributed by atoms with Crippen LogP contribution in [-0.4, -0.2) is 28.8 Å². The zero-order valence-electron chi connectivity index (χ0n) is 11.2. The third-order valence-electron chi connectivity index (χ3n) is 2.61. The molecule has 0 saturated heterocycles. The minimum atomic E-state index is -0.440. The topological polar surface area (TPSA) is 55.0 Å². The molecule has 1 heterocycles. The Hall–Kier alpha value is -1.66. The highest BCUT2D eigenvalue weighted by molar-refractivity contribution is 7.98. The van der Waals surface area contributed by atoms with E-state index in [-0.39, 0.29) is 0 Å². The Kier molecular flexibility index (Phi) is 4.92. The molecule has 0 radical (unpaired) electrons. The van der Waals surface area contributed by atoms with Crippen molar-refractivity contribution < 1.29 is 9.53 Å². The number of hydrogen-bond acceptors (Lipinski definition) is 5. The molecule has 4 nitrogen and oxygen atoms in total. The standard InChI is InChI=1S/C14H14N2O2S2/c1-3-18-14(17)10-12(19)15-11(16-13(10)20-2)9-7-5-4-6-8-9/h4-8H,3H2,1-2H3,(H,15,16,19). The van der Waals surface area contributed by atoms with Gasteiger partial charge in [-0.3, -0.25) is 0 Å². The van der Waals surface area contributed by atoms with Crippen LogP contribution in [0.15, 0.2) is 35.4 Å². The lowest BCUT2D eigenvalue weighted by Gasteiger charge is -2.09. The number of benzene rings is 1. The molecule has 0 saturated carbocycles. The fraction of sp³-hybridized carbons (Fsp3) is 0.214. The van der Waals surface area contributed by atoms with Crippen molar-refractivity contribution in [2.75, 3.05) is 12.9 Å². The number of carbonyl (C=O) groups excluding carboxylic acids is 1. The number of esters is 1. The van der Waals surface area contributed by atoms with Gasteiger partial charge in [-0.1, -0.05) is 42.5 Å². The molecular weight excluding hydrogens is 292 g/mol. The molecule has 0 atom stereocenters. The number of ether oxygens (including phenoxy) is 1. The average molecular weight is 306 g/mol. The highest BCUT2D eigenvalue weighted by Gasteiger charge is 2.17. The molecule has 0 aliphatic rings. The molecule has 1 aromatic carbocycles. The third kappa shape index (κ3) is 3.08. The molecule has 0 spiro atoms. The second-order valence-electron chi connectivity index (χ2n) is 3.89. The highest BCUT2D eigenvalue weighted by Crippen LogP contribution is 2.23. The van der Waals surface area contributed by atoms with Crippen LogP contribution in [0.1, 0.15) is 17.3 Å². The van der Waals surface area contributed by atoms with Crippen LogP contribution in [0.25, 0.3) is 11.4 Å². The van der Waals surface area contributed by atoms with Gasteiger partial charge in [-0.05, 0) is 13.2 Å². The van der Waals surface area contributed by atoms with Gasteiger partial charge in [-0.2, -0.15) is 0 Å². The lowest BCUT2D eigenvalue weighted by Crippen LogP contribution is -2.10. The molecule has 104 valence electrons. The molecule has 2 rings (SSSR count). The summed E-state index contributed by atoms with van der Waals surface area (Å²) in [6.07, 6.45) is 1.86. The van der Waals surface area contributed by atoms with Gasteiger partial charge in [0.2, 0.25) is 0 Å². The molecule has 0 amide bonds. The maximum absolute atomic E-state index is 11.9. The number of rotatable bonds is 4. The molecule has 1 N–H and O–H groups in total. The molecule has 0 unspecified atom stereocenters. The Labute approximate surface area is 126 Å². The minimum absolute atomic E-state index is 0.307. The van der Waals surface area contributed by atoms with E-state index in [0.717, 1.165) is 5.56 Å². The van der Waals surface area contributed by atoms with Crippen LogP contribution in [0.3, 0.4) is 0 Å². The zero-order chi connectivity index (χ0) is 14.5. The second kappa shape index (κ2) is 6.67. The lowest BCUT2D eigenvalue weighted by atomic mass is 10.2. The SMILES string of the molecule is CCOC(=O)c1c(SC)nc(-c2ccccc2)[nH]c1=S.